The fraction of sp³-hybridized carbons (Fsp3) is 0.667. The second-order valence-corrected chi connectivity index (χ2v) is 7.24. The Morgan fingerprint density at radius 3 is 2.86 bits per heavy atom. The second kappa shape index (κ2) is 4.08. The molecular weight excluding hydrogens is 264 g/mol. The van der Waals surface area contributed by atoms with E-state index in [9.17, 15) is 0 Å². The Morgan fingerprint density at radius 1 is 1.33 bits per heavy atom. The number of nitrogens with zero attached hydrogens (tertiary/aromatic N) is 3. The molecule has 0 saturated heterocycles. The van der Waals surface area contributed by atoms with Crippen LogP contribution < -0.4 is 11.1 Å². The smallest absolute Gasteiger partial charge is 0.224 e. The van der Waals surface area contributed by atoms with E-state index in [1.807, 2.05) is 0 Å². The maximum atomic E-state index is 5.79. The van der Waals surface area contributed by atoms with Gasteiger partial charge in [0.2, 0.25) is 5.95 Å². The minimum atomic E-state index is 0.269. The van der Waals surface area contributed by atoms with Gasteiger partial charge in [-0.3, -0.25) is 0 Å². The zero-order chi connectivity index (χ0) is 14.8. The summed E-state index contributed by atoms with van der Waals surface area (Å²) in [6.45, 7) is 7.18. The number of aromatic nitrogens is 4. The second-order valence-electron chi connectivity index (χ2n) is 7.24. The highest BCUT2D eigenvalue weighted by atomic mass is 15.1. The van der Waals surface area contributed by atoms with Gasteiger partial charge < -0.3 is 16.0 Å². The molecule has 2 heterocycles. The molecule has 0 spiro atoms. The number of hydrogen-bond acceptors (Lipinski definition) is 5. The Labute approximate surface area is 124 Å². The number of nitrogen functional groups attached to an aromatic ring is 1. The number of imidazole rings is 1. The van der Waals surface area contributed by atoms with Crippen LogP contribution in [0.1, 0.15) is 33.6 Å². The molecule has 2 aromatic heterocycles. The maximum Gasteiger partial charge on any atom is 0.224 e. The average molecular weight is 286 g/mol. The van der Waals surface area contributed by atoms with E-state index in [0.29, 0.717) is 23.0 Å². The van der Waals surface area contributed by atoms with E-state index in [0.717, 1.165) is 23.2 Å². The molecule has 3 fully saturated rings. The highest BCUT2D eigenvalue weighted by molar-refractivity contribution is 5.83. The van der Waals surface area contributed by atoms with Crippen LogP contribution >= 0.6 is 0 Å². The summed E-state index contributed by atoms with van der Waals surface area (Å²) >= 11 is 0. The number of aromatic amines is 1. The third kappa shape index (κ3) is 1.74. The van der Waals surface area contributed by atoms with Gasteiger partial charge >= 0.3 is 0 Å². The van der Waals surface area contributed by atoms with Gasteiger partial charge in [-0.2, -0.15) is 9.97 Å². The fourth-order valence-electron chi connectivity index (χ4n) is 4.47. The van der Waals surface area contributed by atoms with E-state index in [2.05, 4.69) is 46.0 Å². The van der Waals surface area contributed by atoms with Gasteiger partial charge in [0.1, 0.15) is 5.52 Å². The van der Waals surface area contributed by atoms with Gasteiger partial charge in [0.05, 0.1) is 6.33 Å². The molecule has 4 atom stereocenters. The number of nitrogens with two attached hydrogens (primary N) is 1. The predicted octanol–water partition coefficient (Wildman–Crippen LogP) is 2.42. The van der Waals surface area contributed by atoms with E-state index < -0.39 is 0 Å². The lowest BCUT2D eigenvalue weighted by atomic mass is 9.45. The zero-order valence-electron chi connectivity index (χ0n) is 12.7. The van der Waals surface area contributed by atoms with E-state index in [4.69, 9.17) is 5.73 Å². The lowest BCUT2D eigenvalue weighted by Gasteiger charge is -2.62. The topological polar surface area (TPSA) is 92.5 Å². The molecule has 1 unspecified atom stereocenters. The van der Waals surface area contributed by atoms with Crippen molar-refractivity contribution in [1.82, 2.24) is 19.9 Å². The van der Waals surface area contributed by atoms with Crippen LogP contribution in [0.15, 0.2) is 6.33 Å². The van der Waals surface area contributed by atoms with Crippen LogP contribution in [0.4, 0.5) is 11.8 Å². The number of anilines is 2. The van der Waals surface area contributed by atoms with Gasteiger partial charge in [0.15, 0.2) is 11.5 Å². The first-order chi connectivity index (χ1) is 9.96. The van der Waals surface area contributed by atoms with Crippen LogP contribution in [0.2, 0.25) is 0 Å². The number of hydrogen-bond donors (Lipinski definition) is 3. The first kappa shape index (κ1) is 12.9. The van der Waals surface area contributed by atoms with Crippen molar-refractivity contribution in [3.05, 3.63) is 6.33 Å². The summed E-state index contributed by atoms with van der Waals surface area (Å²) in [6.07, 6.45) is 4.21. The Hall–Kier alpha value is -1.85. The molecule has 112 valence electrons. The molecule has 0 radical (unpaired) electrons. The van der Waals surface area contributed by atoms with Gasteiger partial charge in [-0.25, -0.2) is 4.98 Å². The van der Waals surface area contributed by atoms with Gasteiger partial charge in [-0.15, -0.1) is 0 Å². The summed E-state index contributed by atoms with van der Waals surface area (Å²) in [5, 5.41) is 3.60. The van der Waals surface area contributed by atoms with Crippen LogP contribution in [0.5, 0.6) is 0 Å². The first-order valence-corrected chi connectivity index (χ1v) is 7.70. The van der Waals surface area contributed by atoms with Crippen LogP contribution in [0.25, 0.3) is 11.2 Å². The standard InChI is InChI=1S/C15H22N6/c1-7-9-4-8(15(9,2)3)5-10(7)19-13-11-12(18-6-17-11)20-14(16)21-13/h6-10H,4-5H2,1-3H3,(H4,16,17,18,19,20,21)/t7-,8+,9-,10?/m0/s1. The number of nitrogens with one attached hydrogen (secondary N) is 2. The third-order valence-corrected chi connectivity index (χ3v) is 5.98. The molecule has 3 aliphatic rings. The molecule has 5 rings (SSSR count). The van der Waals surface area contributed by atoms with Crippen molar-refractivity contribution in [1.29, 1.82) is 0 Å². The largest absolute Gasteiger partial charge is 0.368 e. The molecule has 2 bridgehead atoms. The lowest BCUT2D eigenvalue weighted by molar-refractivity contribution is -0.105. The molecule has 6 nitrogen and oxygen atoms in total. The molecular formula is C15H22N6. The molecule has 0 amide bonds. The summed E-state index contributed by atoms with van der Waals surface area (Å²) in [5.74, 6) is 3.30. The van der Waals surface area contributed by atoms with Crippen molar-refractivity contribution in [3.63, 3.8) is 0 Å². The molecule has 2 aromatic rings. The van der Waals surface area contributed by atoms with Crippen molar-refractivity contribution in [2.45, 2.75) is 39.7 Å². The Morgan fingerprint density at radius 2 is 2.14 bits per heavy atom. The van der Waals surface area contributed by atoms with Gasteiger partial charge in [0.25, 0.3) is 0 Å². The van der Waals surface area contributed by atoms with Crippen LogP contribution in [0, 0.1) is 23.2 Å². The van der Waals surface area contributed by atoms with E-state index in [1.165, 1.54) is 12.8 Å². The third-order valence-electron chi connectivity index (χ3n) is 5.98. The Balaban J connectivity index is 1.63. The van der Waals surface area contributed by atoms with Gasteiger partial charge in [0, 0.05) is 6.04 Å². The summed E-state index contributed by atoms with van der Waals surface area (Å²) in [7, 11) is 0. The summed E-state index contributed by atoms with van der Waals surface area (Å²) in [6, 6.07) is 0.447. The monoisotopic (exact) mass is 286 g/mol. The van der Waals surface area contributed by atoms with E-state index in [-0.39, 0.29) is 5.95 Å². The molecule has 0 aromatic carbocycles. The lowest BCUT2D eigenvalue weighted by Crippen LogP contribution is -2.58. The summed E-state index contributed by atoms with van der Waals surface area (Å²) in [5.41, 5.74) is 7.74. The van der Waals surface area contributed by atoms with Crippen molar-refractivity contribution in [3.8, 4) is 0 Å². The average Bonchev–Trinajstić information content (AvgIpc) is 2.88. The van der Waals surface area contributed by atoms with Crippen LogP contribution in [-0.4, -0.2) is 26.0 Å². The minimum Gasteiger partial charge on any atom is -0.368 e. The molecule has 3 saturated carbocycles. The summed E-state index contributed by atoms with van der Waals surface area (Å²) in [4.78, 5) is 15.8. The van der Waals surface area contributed by atoms with Crippen molar-refractivity contribution < 1.29 is 0 Å². The molecule has 3 aliphatic carbocycles. The van der Waals surface area contributed by atoms with Crippen LogP contribution in [-0.2, 0) is 0 Å². The number of H-pyrrole nitrogens is 1. The molecule has 21 heavy (non-hydrogen) atoms. The van der Waals surface area contributed by atoms with Crippen molar-refractivity contribution >= 4 is 22.9 Å². The Bertz CT molecular complexity index is 691. The molecule has 4 N–H and O–H groups in total. The minimum absolute atomic E-state index is 0.269. The SMILES string of the molecule is C[C@@H]1C(Nc2nc(N)nc3nc[nH]c23)C[C@H]2C[C@@H]1C2(C)C. The fourth-order valence-corrected chi connectivity index (χ4v) is 4.47. The number of rotatable bonds is 2. The summed E-state index contributed by atoms with van der Waals surface area (Å²) < 4.78 is 0. The number of fused-ring (bicyclic) bond motifs is 3. The molecule has 0 aliphatic heterocycles. The van der Waals surface area contributed by atoms with Gasteiger partial charge in [-0.1, -0.05) is 20.8 Å². The first-order valence-electron chi connectivity index (χ1n) is 7.70. The highest BCUT2D eigenvalue weighted by Gasteiger charge is 2.56. The highest BCUT2D eigenvalue weighted by Crippen LogP contribution is 2.61. The normalized spacial score (nSPS) is 33.7. The zero-order valence-corrected chi connectivity index (χ0v) is 12.7. The van der Waals surface area contributed by atoms with E-state index >= 15 is 0 Å². The van der Waals surface area contributed by atoms with Crippen LogP contribution in [0.3, 0.4) is 0 Å². The van der Waals surface area contributed by atoms with Crippen molar-refractivity contribution in [2.75, 3.05) is 11.1 Å². The Kier molecular flexibility index (Phi) is 2.50. The quantitative estimate of drug-likeness (QED) is 0.788. The predicted molar refractivity (Wildman–Crippen MR) is 82.7 cm³/mol. The maximum absolute atomic E-state index is 5.79. The molecule has 6 heteroatoms. The van der Waals surface area contributed by atoms with E-state index in [1.54, 1.807) is 6.33 Å². The van der Waals surface area contributed by atoms with Gasteiger partial charge in [-0.05, 0) is 36.0 Å². The van der Waals surface area contributed by atoms with Crippen molar-refractivity contribution in [2.24, 2.45) is 23.2 Å².